The zero-order valence-corrected chi connectivity index (χ0v) is 37.6. The fraction of sp³-hybridized carbons (Fsp3) is 0.500. The van der Waals surface area contributed by atoms with Gasteiger partial charge in [0.2, 0.25) is 11.8 Å². The average Bonchev–Trinajstić information content (AvgIpc) is 3.66. The van der Waals surface area contributed by atoms with Crippen molar-refractivity contribution in [1.82, 2.24) is 30.8 Å². The molecule has 2 fully saturated rings. The van der Waals surface area contributed by atoms with E-state index in [1.165, 1.54) is 17.0 Å². The van der Waals surface area contributed by atoms with Crippen LogP contribution in [0.15, 0.2) is 60.7 Å². The molecule has 1 aromatic heterocycles. The molecule has 344 valence electrons. The number of aromatic nitrogens is 2. The highest BCUT2D eigenvalue weighted by molar-refractivity contribution is 5.99. The lowest BCUT2D eigenvalue weighted by Crippen LogP contribution is -2.56. The third-order valence-corrected chi connectivity index (χ3v) is 12.1. The first-order valence-electron chi connectivity index (χ1n) is 22.0. The molecule has 0 radical (unpaired) electrons. The lowest BCUT2D eigenvalue weighted by Gasteiger charge is -2.44. The number of nitrogens with zero attached hydrogens (tertiary/aromatic N) is 2. The van der Waals surface area contributed by atoms with Gasteiger partial charge in [0, 0.05) is 48.8 Å². The number of imidazole rings is 1. The molecule has 1 aliphatic heterocycles. The van der Waals surface area contributed by atoms with Crippen LogP contribution in [0.4, 0.5) is 24.1 Å². The highest BCUT2D eigenvalue weighted by Crippen LogP contribution is 2.33. The topological polar surface area (TPSA) is 195 Å². The first kappa shape index (κ1) is 47.4. The minimum atomic E-state index is -2.78. The summed E-state index contributed by atoms with van der Waals surface area (Å²) in [5.74, 6) is -1.56. The standard InChI is InChI=1S/C48H61F2N7O7/c1-27-22-32(43(59)52-34-20-21-57(46(62)63)39(25-34)47(2,3)4)16-18-35(27)30-12-8-28(9-13-30)23-38(44(60)53-33-17-19-36-37(24-33)55-41(54-36)40(49)50)56-42(58)31-14-10-29(11-15-31)26-51-45(61)64-48(5,6)7/h8-9,12-13,16-19,22,24,29,31,34,38-40H,10-11,14-15,20-21,23,25-26H2,1-7H3,(H,51,61)(H,52,59)(H,53,60)(H,54,55)(H,56,58)(H,62,63)/t29-,31-,34?,38-,39?/m0/s1. The number of ether oxygens (including phenoxy) is 1. The number of nitrogens with one attached hydrogen (secondary N) is 5. The number of hydrogen-bond donors (Lipinski definition) is 6. The quantitative estimate of drug-likeness (QED) is 0.0813. The van der Waals surface area contributed by atoms with Crippen LogP contribution in [0, 0.1) is 24.2 Å². The molecule has 0 bridgehead atoms. The van der Waals surface area contributed by atoms with E-state index in [1.54, 1.807) is 32.9 Å². The van der Waals surface area contributed by atoms with Gasteiger partial charge in [-0.05, 0) is 130 Å². The Hall–Kier alpha value is -6.06. The van der Waals surface area contributed by atoms with Crippen molar-refractivity contribution in [3.8, 4) is 11.1 Å². The molecule has 4 aromatic rings. The molecule has 2 aliphatic rings. The molecule has 6 rings (SSSR count). The van der Waals surface area contributed by atoms with Crippen molar-refractivity contribution in [2.24, 2.45) is 17.3 Å². The van der Waals surface area contributed by atoms with Crippen molar-refractivity contribution in [2.45, 2.75) is 124 Å². The van der Waals surface area contributed by atoms with E-state index in [1.807, 2.05) is 64.1 Å². The molecule has 2 unspecified atom stereocenters. The molecule has 1 aliphatic carbocycles. The number of piperidine rings is 1. The third kappa shape index (κ3) is 12.3. The van der Waals surface area contributed by atoms with Gasteiger partial charge in [0.15, 0.2) is 5.82 Å². The lowest BCUT2D eigenvalue weighted by molar-refractivity contribution is -0.130. The van der Waals surface area contributed by atoms with Crippen LogP contribution in [-0.2, 0) is 20.7 Å². The summed E-state index contributed by atoms with van der Waals surface area (Å²) < 4.78 is 32.0. The van der Waals surface area contributed by atoms with Crippen molar-refractivity contribution in [3.63, 3.8) is 0 Å². The van der Waals surface area contributed by atoms with E-state index < -0.39 is 42.0 Å². The predicted molar refractivity (Wildman–Crippen MR) is 240 cm³/mol. The van der Waals surface area contributed by atoms with Gasteiger partial charge in [-0.1, -0.05) is 51.1 Å². The second-order valence-electron chi connectivity index (χ2n) is 19.3. The van der Waals surface area contributed by atoms with E-state index >= 15 is 0 Å². The molecule has 3 aromatic carbocycles. The summed E-state index contributed by atoms with van der Waals surface area (Å²) in [6, 6.07) is 16.4. The molecule has 1 saturated carbocycles. The van der Waals surface area contributed by atoms with E-state index in [9.17, 15) is 37.9 Å². The Balaban J connectivity index is 1.12. The third-order valence-electron chi connectivity index (χ3n) is 12.1. The largest absolute Gasteiger partial charge is 0.465 e. The molecule has 0 spiro atoms. The van der Waals surface area contributed by atoms with Crippen LogP contribution in [0.25, 0.3) is 22.2 Å². The van der Waals surface area contributed by atoms with Gasteiger partial charge < -0.3 is 41.0 Å². The van der Waals surface area contributed by atoms with Crippen LogP contribution in [0.1, 0.15) is 114 Å². The second kappa shape index (κ2) is 19.8. The summed E-state index contributed by atoms with van der Waals surface area (Å²) >= 11 is 0. The Bertz CT molecular complexity index is 2330. The number of H-pyrrole nitrogens is 1. The number of carbonyl (C=O) groups is 5. The molecule has 5 amide bonds. The summed E-state index contributed by atoms with van der Waals surface area (Å²) in [5, 5.41) is 21.5. The smallest absolute Gasteiger partial charge is 0.407 e. The Kier molecular flexibility index (Phi) is 14.6. The van der Waals surface area contributed by atoms with E-state index in [0.29, 0.717) is 73.9 Å². The maximum absolute atomic E-state index is 13.9. The maximum atomic E-state index is 13.9. The molecule has 3 atom stereocenters. The van der Waals surface area contributed by atoms with Crippen LogP contribution >= 0.6 is 0 Å². The number of likely N-dealkylation sites (tertiary alicyclic amines) is 1. The van der Waals surface area contributed by atoms with E-state index in [4.69, 9.17) is 4.74 Å². The number of carbonyl (C=O) groups excluding carboxylic acids is 4. The van der Waals surface area contributed by atoms with E-state index in [2.05, 4.69) is 31.2 Å². The number of fused-ring (bicyclic) bond motifs is 1. The van der Waals surface area contributed by atoms with Gasteiger partial charge >= 0.3 is 12.2 Å². The van der Waals surface area contributed by atoms with Crippen LogP contribution in [0.3, 0.4) is 0 Å². The molecule has 2 heterocycles. The number of benzene rings is 3. The molecule has 14 nitrogen and oxygen atoms in total. The highest BCUT2D eigenvalue weighted by atomic mass is 19.3. The maximum Gasteiger partial charge on any atom is 0.407 e. The Morgan fingerprint density at radius 2 is 1.62 bits per heavy atom. The number of alkyl carbamates (subject to hydrolysis) is 1. The summed E-state index contributed by atoms with van der Waals surface area (Å²) in [7, 11) is 0. The van der Waals surface area contributed by atoms with Gasteiger partial charge in [0.25, 0.3) is 12.3 Å². The molecule has 16 heteroatoms. The first-order chi connectivity index (χ1) is 30.1. The zero-order valence-electron chi connectivity index (χ0n) is 37.6. The fourth-order valence-electron chi connectivity index (χ4n) is 8.71. The van der Waals surface area contributed by atoms with Gasteiger partial charge in [-0.25, -0.2) is 23.4 Å². The van der Waals surface area contributed by atoms with Gasteiger partial charge in [0.1, 0.15) is 11.6 Å². The minimum Gasteiger partial charge on any atom is -0.465 e. The van der Waals surface area contributed by atoms with Crippen LogP contribution < -0.4 is 21.3 Å². The van der Waals surface area contributed by atoms with Gasteiger partial charge in [-0.2, -0.15) is 0 Å². The minimum absolute atomic E-state index is 0.161. The van der Waals surface area contributed by atoms with Crippen molar-refractivity contribution in [1.29, 1.82) is 0 Å². The number of halogens is 2. The Morgan fingerprint density at radius 3 is 2.25 bits per heavy atom. The van der Waals surface area contributed by atoms with Crippen molar-refractivity contribution in [2.75, 3.05) is 18.4 Å². The number of anilines is 1. The number of carboxylic acid groups (broad SMARTS) is 1. The van der Waals surface area contributed by atoms with Gasteiger partial charge in [-0.3, -0.25) is 14.4 Å². The zero-order chi connectivity index (χ0) is 46.5. The summed E-state index contributed by atoms with van der Waals surface area (Å²) in [5.41, 5.74) is 4.08. The molecular formula is C48H61F2N7O7. The lowest BCUT2D eigenvalue weighted by atomic mass is 9.79. The Morgan fingerprint density at radius 1 is 0.922 bits per heavy atom. The van der Waals surface area contributed by atoms with E-state index in [-0.39, 0.29) is 47.6 Å². The van der Waals surface area contributed by atoms with Crippen molar-refractivity contribution >= 4 is 46.6 Å². The number of amides is 5. The van der Waals surface area contributed by atoms with Crippen molar-refractivity contribution in [3.05, 3.63) is 83.2 Å². The Labute approximate surface area is 372 Å². The number of alkyl halides is 2. The van der Waals surface area contributed by atoms with Gasteiger partial charge in [0.05, 0.1) is 11.0 Å². The van der Waals surface area contributed by atoms with E-state index in [0.717, 1.165) is 22.3 Å². The van der Waals surface area contributed by atoms with Gasteiger partial charge in [-0.15, -0.1) is 0 Å². The fourth-order valence-corrected chi connectivity index (χ4v) is 8.71. The summed E-state index contributed by atoms with van der Waals surface area (Å²) in [6.07, 6.45) is -0.391. The number of hydrogen-bond acceptors (Lipinski definition) is 7. The molecule has 1 saturated heterocycles. The number of aryl methyl sites for hydroxylation is 1. The van der Waals surface area contributed by atoms with Crippen LogP contribution in [0.2, 0.25) is 0 Å². The number of rotatable bonds is 12. The molecule has 6 N–H and O–H groups in total. The highest BCUT2D eigenvalue weighted by Gasteiger charge is 2.39. The SMILES string of the molecule is Cc1cc(C(=O)NC2CCN(C(=O)O)C(C(C)(C)C)C2)ccc1-c1ccc(C[C@H](NC(=O)[C@H]2CC[C@H](CNC(=O)OC(C)(C)C)CC2)C(=O)Nc2ccc3nc(C(F)F)[nH]c3c2)cc1. The predicted octanol–water partition coefficient (Wildman–Crippen LogP) is 8.76. The second-order valence-corrected chi connectivity index (χ2v) is 19.3. The molecular weight excluding hydrogens is 825 g/mol. The molecule has 64 heavy (non-hydrogen) atoms. The van der Waals surface area contributed by atoms with Crippen molar-refractivity contribution < 1.29 is 42.6 Å². The summed E-state index contributed by atoms with van der Waals surface area (Å²) in [6.45, 7) is 14.1. The van der Waals surface area contributed by atoms with Crippen LogP contribution in [-0.4, -0.2) is 86.7 Å². The normalized spacial score (nSPS) is 19.8. The first-order valence-corrected chi connectivity index (χ1v) is 22.0. The monoisotopic (exact) mass is 885 g/mol. The number of aromatic amines is 1. The van der Waals surface area contributed by atoms with Crippen LogP contribution in [0.5, 0.6) is 0 Å². The average molecular weight is 886 g/mol. The summed E-state index contributed by atoms with van der Waals surface area (Å²) in [4.78, 5) is 73.2.